The Morgan fingerprint density at radius 1 is 1.33 bits per heavy atom. The monoisotopic (exact) mass is 320 g/mol. The quantitative estimate of drug-likeness (QED) is 0.774. The molecule has 0 aromatic carbocycles. The van der Waals surface area contributed by atoms with Gasteiger partial charge in [0, 0.05) is 32.3 Å². The number of hydrogen-bond acceptors (Lipinski definition) is 4. The predicted octanol–water partition coefficient (Wildman–Crippen LogP) is 1.59. The van der Waals surface area contributed by atoms with Crippen molar-refractivity contribution >= 4 is 18.3 Å². The maximum atomic E-state index is 12.4. The highest BCUT2D eigenvalue weighted by molar-refractivity contribution is 5.85. The number of ether oxygens (including phenoxy) is 2. The van der Waals surface area contributed by atoms with E-state index in [9.17, 15) is 4.79 Å². The van der Waals surface area contributed by atoms with Crippen LogP contribution in [0.3, 0.4) is 0 Å². The van der Waals surface area contributed by atoms with Gasteiger partial charge in [0.05, 0.1) is 19.1 Å². The first-order valence-corrected chi connectivity index (χ1v) is 8.00. The van der Waals surface area contributed by atoms with E-state index < -0.39 is 0 Å². The Bertz CT molecular complexity index is 293. The van der Waals surface area contributed by atoms with Crippen LogP contribution in [0.25, 0.3) is 0 Å². The molecule has 0 bridgehead atoms. The zero-order valence-corrected chi connectivity index (χ0v) is 13.8. The van der Waals surface area contributed by atoms with E-state index in [0.29, 0.717) is 19.1 Å². The van der Waals surface area contributed by atoms with Crippen LogP contribution in [-0.4, -0.2) is 62.4 Å². The highest BCUT2D eigenvalue weighted by Crippen LogP contribution is 2.13. The summed E-state index contributed by atoms with van der Waals surface area (Å²) in [5, 5.41) is 3.33. The Hall–Kier alpha value is -0.360. The molecule has 2 rings (SSSR count). The normalized spacial score (nSPS) is 22.8. The largest absolute Gasteiger partial charge is 0.381 e. The van der Waals surface area contributed by atoms with Crippen LogP contribution >= 0.6 is 12.4 Å². The molecule has 0 saturated carbocycles. The summed E-state index contributed by atoms with van der Waals surface area (Å²) in [6.45, 7) is 7.07. The average molecular weight is 321 g/mol. The van der Waals surface area contributed by atoms with Crippen molar-refractivity contribution in [1.82, 2.24) is 10.2 Å². The minimum absolute atomic E-state index is 0. The van der Waals surface area contributed by atoms with E-state index in [4.69, 9.17) is 9.47 Å². The summed E-state index contributed by atoms with van der Waals surface area (Å²) in [5.74, 6) is 0.243. The minimum atomic E-state index is 0. The van der Waals surface area contributed by atoms with Crippen LogP contribution < -0.4 is 5.32 Å². The molecule has 0 aromatic heterocycles. The van der Waals surface area contributed by atoms with E-state index in [1.165, 1.54) is 0 Å². The number of nitrogens with one attached hydrogen (secondary N) is 1. The molecule has 2 aliphatic rings. The van der Waals surface area contributed by atoms with Crippen molar-refractivity contribution in [3.63, 3.8) is 0 Å². The summed E-state index contributed by atoms with van der Waals surface area (Å²) in [6.07, 6.45) is 4.80. The van der Waals surface area contributed by atoms with Gasteiger partial charge in [-0.25, -0.2) is 0 Å². The molecule has 2 heterocycles. The van der Waals surface area contributed by atoms with Gasteiger partial charge in [-0.3, -0.25) is 4.79 Å². The highest BCUT2D eigenvalue weighted by Gasteiger charge is 2.25. The maximum Gasteiger partial charge on any atom is 0.225 e. The van der Waals surface area contributed by atoms with Gasteiger partial charge in [-0.1, -0.05) is 6.92 Å². The third kappa shape index (κ3) is 6.10. The minimum Gasteiger partial charge on any atom is -0.381 e. The first-order chi connectivity index (χ1) is 9.81. The number of carbonyl (C=O) groups excluding carboxylic acids is 1. The molecule has 21 heavy (non-hydrogen) atoms. The van der Waals surface area contributed by atoms with Crippen molar-refractivity contribution < 1.29 is 14.3 Å². The average Bonchev–Trinajstić information content (AvgIpc) is 2.99. The van der Waals surface area contributed by atoms with Crippen LogP contribution in [0.15, 0.2) is 0 Å². The molecule has 5 nitrogen and oxygen atoms in total. The molecular formula is C15H29ClN2O3. The molecule has 2 aliphatic heterocycles. The smallest absolute Gasteiger partial charge is 0.225 e. The van der Waals surface area contributed by atoms with Gasteiger partial charge in [-0.15, -0.1) is 12.4 Å². The maximum absolute atomic E-state index is 12.4. The van der Waals surface area contributed by atoms with Gasteiger partial charge < -0.3 is 19.7 Å². The SMILES string of the molecule is CCCN(C(=O)CCOC1CCOCC1)C1CCNC1.Cl. The summed E-state index contributed by atoms with van der Waals surface area (Å²) >= 11 is 0. The van der Waals surface area contributed by atoms with Gasteiger partial charge in [-0.2, -0.15) is 0 Å². The second-order valence-corrected chi connectivity index (χ2v) is 5.67. The van der Waals surface area contributed by atoms with Gasteiger partial charge in [0.2, 0.25) is 5.91 Å². The standard InChI is InChI=1S/C15H28N2O3.ClH/c1-2-8-17(13-3-7-16-12-13)15(18)6-11-20-14-4-9-19-10-5-14;/h13-14,16H,2-12H2,1H3;1H. The summed E-state index contributed by atoms with van der Waals surface area (Å²) in [6, 6.07) is 0.380. The molecule has 124 valence electrons. The fraction of sp³-hybridized carbons (Fsp3) is 0.933. The van der Waals surface area contributed by atoms with Gasteiger partial charge in [0.15, 0.2) is 0 Å². The van der Waals surface area contributed by atoms with Crippen molar-refractivity contribution in [2.45, 2.75) is 51.2 Å². The molecule has 0 aliphatic carbocycles. The molecular weight excluding hydrogens is 292 g/mol. The molecule has 2 fully saturated rings. The molecule has 1 N–H and O–H groups in total. The number of carbonyl (C=O) groups is 1. The molecule has 1 unspecified atom stereocenters. The Morgan fingerprint density at radius 2 is 2.10 bits per heavy atom. The summed E-state index contributed by atoms with van der Waals surface area (Å²) in [5.41, 5.74) is 0. The molecule has 0 aromatic rings. The van der Waals surface area contributed by atoms with Gasteiger partial charge in [0.1, 0.15) is 0 Å². The second-order valence-electron chi connectivity index (χ2n) is 5.67. The summed E-state index contributed by atoms with van der Waals surface area (Å²) in [7, 11) is 0. The van der Waals surface area contributed by atoms with Gasteiger partial charge in [-0.05, 0) is 32.2 Å². The molecule has 0 spiro atoms. The van der Waals surface area contributed by atoms with E-state index in [0.717, 1.165) is 58.5 Å². The van der Waals surface area contributed by atoms with E-state index in [1.807, 2.05) is 4.90 Å². The molecule has 1 atom stereocenters. The van der Waals surface area contributed by atoms with Crippen molar-refractivity contribution in [2.75, 3.05) is 39.5 Å². The molecule has 1 amide bonds. The van der Waals surface area contributed by atoms with E-state index >= 15 is 0 Å². The lowest BCUT2D eigenvalue weighted by Gasteiger charge is -2.29. The van der Waals surface area contributed by atoms with Gasteiger partial charge in [0.25, 0.3) is 0 Å². The Balaban J connectivity index is 0.00000220. The third-order valence-corrected chi connectivity index (χ3v) is 4.10. The lowest BCUT2D eigenvalue weighted by molar-refractivity contribution is -0.135. The van der Waals surface area contributed by atoms with Crippen molar-refractivity contribution in [1.29, 1.82) is 0 Å². The van der Waals surface area contributed by atoms with E-state index in [2.05, 4.69) is 12.2 Å². The first-order valence-electron chi connectivity index (χ1n) is 8.00. The lowest BCUT2D eigenvalue weighted by Crippen LogP contribution is -2.42. The van der Waals surface area contributed by atoms with Crippen LogP contribution in [-0.2, 0) is 14.3 Å². The summed E-state index contributed by atoms with van der Waals surface area (Å²) < 4.78 is 11.1. The summed E-state index contributed by atoms with van der Waals surface area (Å²) in [4.78, 5) is 14.4. The Labute approximate surface area is 134 Å². The number of rotatable bonds is 7. The van der Waals surface area contributed by atoms with Crippen LogP contribution in [0, 0.1) is 0 Å². The second kappa shape index (κ2) is 10.4. The number of nitrogens with zero attached hydrogens (tertiary/aromatic N) is 1. The zero-order chi connectivity index (χ0) is 14.2. The Morgan fingerprint density at radius 3 is 2.71 bits per heavy atom. The number of halogens is 1. The van der Waals surface area contributed by atoms with Crippen LogP contribution in [0.4, 0.5) is 0 Å². The van der Waals surface area contributed by atoms with Crippen molar-refractivity contribution in [2.24, 2.45) is 0 Å². The van der Waals surface area contributed by atoms with E-state index in [-0.39, 0.29) is 24.4 Å². The van der Waals surface area contributed by atoms with Gasteiger partial charge >= 0.3 is 0 Å². The first kappa shape index (κ1) is 18.7. The number of amides is 1. The molecule has 0 radical (unpaired) electrons. The highest BCUT2D eigenvalue weighted by atomic mass is 35.5. The number of hydrogen-bond donors (Lipinski definition) is 1. The fourth-order valence-corrected chi connectivity index (χ4v) is 2.96. The topological polar surface area (TPSA) is 50.8 Å². The van der Waals surface area contributed by atoms with Crippen molar-refractivity contribution in [3.05, 3.63) is 0 Å². The van der Waals surface area contributed by atoms with Crippen LogP contribution in [0.5, 0.6) is 0 Å². The molecule has 6 heteroatoms. The van der Waals surface area contributed by atoms with Crippen LogP contribution in [0.2, 0.25) is 0 Å². The third-order valence-electron chi connectivity index (χ3n) is 4.10. The lowest BCUT2D eigenvalue weighted by atomic mass is 10.1. The van der Waals surface area contributed by atoms with E-state index in [1.54, 1.807) is 0 Å². The van der Waals surface area contributed by atoms with Crippen LogP contribution in [0.1, 0.15) is 39.0 Å². The molecule has 2 saturated heterocycles. The fourth-order valence-electron chi connectivity index (χ4n) is 2.96. The zero-order valence-electron chi connectivity index (χ0n) is 13.0. The Kier molecular flexibility index (Phi) is 9.24. The predicted molar refractivity (Wildman–Crippen MR) is 84.9 cm³/mol. The van der Waals surface area contributed by atoms with Crippen molar-refractivity contribution in [3.8, 4) is 0 Å².